The highest BCUT2D eigenvalue weighted by Crippen LogP contribution is 2.33. The van der Waals surface area contributed by atoms with Crippen LogP contribution in [0.3, 0.4) is 0 Å². The molecule has 0 aliphatic heterocycles. The smallest absolute Gasteiger partial charge is 0.269 e. The molecule has 2 aromatic heterocycles. The van der Waals surface area contributed by atoms with E-state index in [1.807, 2.05) is 33.8 Å². The lowest BCUT2D eigenvalue weighted by molar-refractivity contribution is -0.384. The number of nitrogens with zero attached hydrogens (tertiary/aromatic N) is 4. The number of nitro groups is 1. The second kappa shape index (κ2) is 7.66. The Kier molecular flexibility index (Phi) is 5.29. The molecule has 0 radical (unpaired) electrons. The van der Waals surface area contributed by atoms with Crippen molar-refractivity contribution in [1.29, 1.82) is 5.26 Å². The van der Waals surface area contributed by atoms with Crippen LogP contribution in [0.4, 0.5) is 11.4 Å². The van der Waals surface area contributed by atoms with Gasteiger partial charge in [-0.1, -0.05) is 0 Å². The summed E-state index contributed by atoms with van der Waals surface area (Å²) in [5.74, 6) is 0. The van der Waals surface area contributed by atoms with Crippen LogP contribution in [0.15, 0.2) is 35.4 Å². The minimum absolute atomic E-state index is 0.0351. The number of nitro benzene ring substituents is 1. The Balaban J connectivity index is 1.86. The van der Waals surface area contributed by atoms with E-state index in [0.717, 1.165) is 32.4 Å². The molecule has 0 saturated carbocycles. The Labute approximate surface area is 166 Å². The summed E-state index contributed by atoms with van der Waals surface area (Å²) in [5, 5.41) is 25.4. The SMILES string of the molecule is Cc1sc(-n2c(C)cc(C=NNc3ccc([N+](=O)[O-])cc3)c2C)c(C#N)c1C. The Morgan fingerprint density at radius 2 is 1.93 bits per heavy atom. The van der Waals surface area contributed by atoms with E-state index < -0.39 is 4.92 Å². The average Bonchev–Trinajstić information content (AvgIpc) is 3.10. The van der Waals surface area contributed by atoms with Crippen LogP contribution in [0, 0.1) is 49.1 Å². The molecule has 2 heterocycles. The summed E-state index contributed by atoms with van der Waals surface area (Å²) in [6.45, 7) is 7.99. The Morgan fingerprint density at radius 3 is 2.54 bits per heavy atom. The van der Waals surface area contributed by atoms with Gasteiger partial charge >= 0.3 is 0 Å². The third kappa shape index (κ3) is 3.52. The third-order valence-corrected chi connectivity index (χ3v) is 5.82. The van der Waals surface area contributed by atoms with Crippen LogP contribution >= 0.6 is 11.3 Å². The van der Waals surface area contributed by atoms with Gasteiger partial charge in [0, 0.05) is 34.0 Å². The lowest BCUT2D eigenvalue weighted by atomic mass is 10.2. The summed E-state index contributed by atoms with van der Waals surface area (Å²) in [6, 6.07) is 10.4. The number of aryl methyl sites for hydroxylation is 2. The molecule has 0 bridgehead atoms. The van der Waals surface area contributed by atoms with Gasteiger partial charge in [0.25, 0.3) is 5.69 Å². The number of hydrogen-bond acceptors (Lipinski definition) is 6. The summed E-state index contributed by atoms with van der Waals surface area (Å²) in [6.07, 6.45) is 1.71. The van der Waals surface area contributed by atoms with Crippen LogP contribution in [-0.2, 0) is 0 Å². The topological polar surface area (TPSA) is 96.2 Å². The van der Waals surface area contributed by atoms with Gasteiger partial charge in [-0.15, -0.1) is 11.3 Å². The van der Waals surface area contributed by atoms with Gasteiger partial charge in [0.1, 0.15) is 11.1 Å². The van der Waals surface area contributed by atoms with Crippen LogP contribution in [0.1, 0.15) is 33.0 Å². The van der Waals surface area contributed by atoms with Gasteiger partial charge in [0.05, 0.1) is 22.4 Å². The van der Waals surface area contributed by atoms with Crippen LogP contribution in [-0.4, -0.2) is 15.7 Å². The minimum Gasteiger partial charge on any atom is -0.308 e. The first-order valence-electron chi connectivity index (χ1n) is 8.56. The summed E-state index contributed by atoms with van der Waals surface area (Å²) in [7, 11) is 0. The van der Waals surface area contributed by atoms with E-state index >= 15 is 0 Å². The van der Waals surface area contributed by atoms with Gasteiger partial charge in [-0.05, 0) is 51.5 Å². The predicted molar refractivity (Wildman–Crippen MR) is 112 cm³/mol. The van der Waals surface area contributed by atoms with Crippen molar-refractivity contribution in [1.82, 2.24) is 4.57 Å². The van der Waals surface area contributed by atoms with E-state index in [0.29, 0.717) is 11.3 Å². The van der Waals surface area contributed by atoms with E-state index in [1.54, 1.807) is 29.7 Å². The van der Waals surface area contributed by atoms with Crippen molar-refractivity contribution < 1.29 is 4.92 Å². The fourth-order valence-corrected chi connectivity index (χ4v) is 4.18. The molecule has 0 fully saturated rings. The molecular weight excluding hydrogens is 374 g/mol. The highest BCUT2D eigenvalue weighted by atomic mass is 32.1. The van der Waals surface area contributed by atoms with E-state index in [9.17, 15) is 15.4 Å². The molecule has 0 saturated heterocycles. The quantitative estimate of drug-likeness (QED) is 0.375. The van der Waals surface area contributed by atoms with Gasteiger partial charge in [0.2, 0.25) is 0 Å². The standard InChI is InChI=1S/C20H19N5O2S/c1-12-9-16(11-22-23-17-5-7-18(8-6-17)25(26)27)14(3)24(12)20-19(10-21)13(2)15(4)28-20/h5-9,11,23H,1-4H3. The number of hydrogen-bond donors (Lipinski definition) is 1. The molecule has 8 heteroatoms. The average molecular weight is 393 g/mol. The lowest BCUT2D eigenvalue weighted by Gasteiger charge is -2.07. The van der Waals surface area contributed by atoms with Crippen LogP contribution in [0.25, 0.3) is 5.00 Å². The Bertz CT molecular complexity index is 1120. The van der Waals surface area contributed by atoms with Crippen molar-refractivity contribution >= 4 is 28.9 Å². The lowest BCUT2D eigenvalue weighted by Crippen LogP contribution is -2.00. The number of nitriles is 1. The molecule has 0 aliphatic rings. The van der Waals surface area contributed by atoms with Crippen molar-refractivity contribution in [3.8, 4) is 11.1 Å². The summed E-state index contributed by atoms with van der Waals surface area (Å²) in [5.41, 5.74) is 8.24. The molecule has 7 nitrogen and oxygen atoms in total. The summed E-state index contributed by atoms with van der Waals surface area (Å²) in [4.78, 5) is 11.4. The van der Waals surface area contributed by atoms with Gasteiger partial charge in [-0.25, -0.2) is 0 Å². The zero-order valence-electron chi connectivity index (χ0n) is 16.0. The monoisotopic (exact) mass is 393 g/mol. The number of non-ortho nitro benzene ring substituents is 1. The number of thiophene rings is 1. The number of benzene rings is 1. The van der Waals surface area contributed by atoms with E-state index in [4.69, 9.17) is 0 Å². The van der Waals surface area contributed by atoms with Gasteiger partial charge in [-0.3, -0.25) is 15.5 Å². The second-order valence-electron chi connectivity index (χ2n) is 6.41. The zero-order valence-corrected chi connectivity index (χ0v) is 16.8. The molecule has 28 heavy (non-hydrogen) atoms. The molecule has 0 aliphatic carbocycles. The first-order valence-corrected chi connectivity index (χ1v) is 9.38. The molecule has 0 atom stereocenters. The molecular formula is C20H19N5O2S. The maximum Gasteiger partial charge on any atom is 0.269 e. The second-order valence-corrected chi connectivity index (χ2v) is 7.61. The number of rotatable bonds is 5. The van der Waals surface area contributed by atoms with Gasteiger partial charge in [0.15, 0.2) is 0 Å². The molecule has 3 aromatic rings. The normalized spacial score (nSPS) is 11.0. The van der Waals surface area contributed by atoms with Crippen molar-refractivity contribution in [3.63, 3.8) is 0 Å². The molecule has 1 N–H and O–H groups in total. The Hall–Kier alpha value is -3.44. The van der Waals surface area contributed by atoms with Crippen molar-refractivity contribution in [2.45, 2.75) is 27.7 Å². The van der Waals surface area contributed by atoms with Crippen molar-refractivity contribution in [2.75, 3.05) is 5.43 Å². The highest BCUT2D eigenvalue weighted by molar-refractivity contribution is 7.14. The number of nitrogens with one attached hydrogen (secondary N) is 1. The van der Waals surface area contributed by atoms with Crippen LogP contribution < -0.4 is 5.43 Å². The zero-order chi connectivity index (χ0) is 20.4. The van der Waals surface area contributed by atoms with Gasteiger partial charge in [-0.2, -0.15) is 10.4 Å². The first-order chi connectivity index (χ1) is 13.3. The molecule has 0 amide bonds. The fraction of sp³-hybridized carbons (Fsp3) is 0.200. The number of hydrazone groups is 1. The molecule has 0 unspecified atom stereocenters. The van der Waals surface area contributed by atoms with E-state index in [-0.39, 0.29) is 5.69 Å². The largest absolute Gasteiger partial charge is 0.308 e. The molecule has 3 rings (SSSR count). The van der Waals surface area contributed by atoms with Gasteiger partial charge < -0.3 is 4.57 Å². The number of anilines is 1. The minimum atomic E-state index is -0.439. The summed E-state index contributed by atoms with van der Waals surface area (Å²) < 4.78 is 2.08. The van der Waals surface area contributed by atoms with Crippen molar-refractivity contribution in [3.05, 3.63) is 73.4 Å². The molecule has 0 spiro atoms. The number of aromatic nitrogens is 1. The predicted octanol–water partition coefficient (Wildman–Crippen LogP) is 5.00. The van der Waals surface area contributed by atoms with E-state index in [1.165, 1.54) is 12.1 Å². The van der Waals surface area contributed by atoms with Crippen molar-refractivity contribution in [2.24, 2.45) is 5.10 Å². The first kappa shape index (κ1) is 19.3. The van der Waals surface area contributed by atoms with E-state index in [2.05, 4.69) is 21.2 Å². The fourth-order valence-electron chi connectivity index (χ4n) is 2.96. The molecule has 1 aromatic carbocycles. The third-order valence-electron chi connectivity index (χ3n) is 4.63. The summed E-state index contributed by atoms with van der Waals surface area (Å²) >= 11 is 1.61. The maximum absolute atomic E-state index is 10.7. The van der Waals surface area contributed by atoms with Crippen LogP contribution in [0.2, 0.25) is 0 Å². The highest BCUT2D eigenvalue weighted by Gasteiger charge is 2.18. The molecule has 142 valence electrons. The maximum atomic E-state index is 10.7. The van der Waals surface area contributed by atoms with Crippen LogP contribution in [0.5, 0.6) is 0 Å². The Morgan fingerprint density at radius 1 is 1.25 bits per heavy atom.